The van der Waals surface area contributed by atoms with Crippen molar-refractivity contribution >= 4 is 64.6 Å². The Balaban J connectivity index is 1.44. The SMILES string of the molecule is CCC(=C/c1oc2ccc3ccccc3c2[n+]1CCCS(=O)(=O)O)/C=C1/Oc2ccc3ccccc3c2N1CCCS(=O)(=O)O. The van der Waals surface area contributed by atoms with Gasteiger partial charge in [0.15, 0.2) is 12.3 Å². The number of hydrogen-bond acceptors (Lipinski definition) is 7. The molecule has 0 amide bonds. The van der Waals surface area contributed by atoms with Gasteiger partial charge in [-0.05, 0) is 47.4 Å². The lowest BCUT2D eigenvalue weighted by atomic mass is 10.1. The number of aromatic nitrogens is 1. The van der Waals surface area contributed by atoms with Crippen molar-refractivity contribution < 1.29 is 39.7 Å². The summed E-state index contributed by atoms with van der Waals surface area (Å²) in [6, 6.07) is 23.4. The summed E-state index contributed by atoms with van der Waals surface area (Å²) >= 11 is 0. The van der Waals surface area contributed by atoms with Gasteiger partial charge in [0, 0.05) is 24.4 Å². The summed E-state index contributed by atoms with van der Waals surface area (Å²) < 4.78 is 79.4. The minimum Gasteiger partial charge on any atom is -0.439 e. The molecule has 0 aliphatic carbocycles. The van der Waals surface area contributed by atoms with Gasteiger partial charge in [-0.3, -0.25) is 9.11 Å². The van der Waals surface area contributed by atoms with E-state index in [4.69, 9.17) is 9.15 Å². The number of fused-ring (bicyclic) bond motifs is 6. The highest BCUT2D eigenvalue weighted by atomic mass is 32.2. The van der Waals surface area contributed by atoms with Gasteiger partial charge in [-0.1, -0.05) is 61.5 Å². The first-order chi connectivity index (χ1) is 21.5. The average Bonchev–Trinajstić information content (AvgIpc) is 3.53. The van der Waals surface area contributed by atoms with E-state index in [1.54, 1.807) is 0 Å². The van der Waals surface area contributed by atoms with E-state index in [0.29, 0.717) is 29.5 Å². The van der Waals surface area contributed by atoms with Crippen LogP contribution in [0.1, 0.15) is 32.1 Å². The van der Waals surface area contributed by atoms with Crippen LogP contribution >= 0.6 is 0 Å². The lowest BCUT2D eigenvalue weighted by Gasteiger charge is -2.19. The van der Waals surface area contributed by atoms with Crippen molar-refractivity contribution in [2.45, 2.75) is 32.7 Å². The molecule has 12 heteroatoms. The van der Waals surface area contributed by atoms with Gasteiger partial charge in [0.1, 0.15) is 0 Å². The van der Waals surface area contributed by atoms with E-state index in [0.717, 1.165) is 38.3 Å². The van der Waals surface area contributed by atoms with Crippen LogP contribution in [0, 0.1) is 0 Å². The predicted octanol–water partition coefficient (Wildman–Crippen LogP) is 6.12. The molecular formula is C33H33N2O8S2+. The van der Waals surface area contributed by atoms with E-state index in [2.05, 4.69) is 0 Å². The van der Waals surface area contributed by atoms with E-state index in [-0.39, 0.29) is 37.4 Å². The van der Waals surface area contributed by atoms with Crippen LogP contribution in [-0.2, 0) is 26.8 Å². The second-order valence-corrected chi connectivity index (χ2v) is 14.1. The van der Waals surface area contributed by atoms with Gasteiger partial charge in [-0.2, -0.15) is 21.4 Å². The van der Waals surface area contributed by atoms with Crippen molar-refractivity contribution in [3.8, 4) is 5.75 Å². The summed E-state index contributed by atoms with van der Waals surface area (Å²) in [6.45, 7) is 2.57. The molecule has 45 heavy (non-hydrogen) atoms. The molecule has 234 valence electrons. The molecule has 0 bridgehead atoms. The summed E-state index contributed by atoms with van der Waals surface area (Å²) in [5.41, 5.74) is 3.12. The number of allylic oxidation sites excluding steroid dienone is 2. The Morgan fingerprint density at radius 2 is 1.49 bits per heavy atom. The number of oxazole rings is 1. The van der Waals surface area contributed by atoms with Crippen molar-refractivity contribution in [1.29, 1.82) is 0 Å². The molecule has 10 nitrogen and oxygen atoms in total. The van der Waals surface area contributed by atoms with Crippen LogP contribution in [0.5, 0.6) is 5.75 Å². The van der Waals surface area contributed by atoms with Crippen molar-refractivity contribution in [2.24, 2.45) is 0 Å². The highest BCUT2D eigenvalue weighted by molar-refractivity contribution is 7.86. The van der Waals surface area contributed by atoms with Crippen LogP contribution < -0.4 is 14.2 Å². The van der Waals surface area contributed by atoms with Crippen molar-refractivity contribution in [2.75, 3.05) is 23.0 Å². The van der Waals surface area contributed by atoms with Crippen molar-refractivity contribution in [1.82, 2.24) is 0 Å². The lowest BCUT2D eigenvalue weighted by Crippen LogP contribution is -2.36. The number of ether oxygens (including phenoxy) is 1. The van der Waals surface area contributed by atoms with Gasteiger partial charge < -0.3 is 14.1 Å². The molecule has 0 saturated carbocycles. The minimum atomic E-state index is -4.14. The number of nitrogens with zero attached hydrogens (tertiary/aromatic N) is 2. The monoisotopic (exact) mass is 649 g/mol. The molecule has 5 aromatic rings. The van der Waals surface area contributed by atoms with E-state index in [1.165, 1.54) is 0 Å². The minimum absolute atomic E-state index is 0.178. The molecule has 0 saturated heterocycles. The summed E-state index contributed by atoms with van der Waals surface area (Å²) in [7, 11) is -8.28. The standard InChI is InChI=1S/C33H32N2O8S2/c1-2-23(21-30-34(17-7-19-44(36,37)38)32-26-11-5-3-9-24(26)13-15-28(32)42-30)22-31-35(18-8-20-45(39,40)41)33-27-12-6-4-10-25(27)14-16-29(33)43-31/h3-6,9-16,21-22H,2,7-8,17-20H2,1H3,(H-,36,37,38,39,40,41)/p+1. The maximum absolute atomic E-state index is 11.5. The molecule has 0 fully saturated rings. The van der Waals surface area contributed by atoms with Gasteiger partial charge in [-0.15, -0.1) is 0 Å². The Morgan fingerprint density at radius 3 is 2.20 bits per heavy atom. The topological polar surface area (TPSA) is 138 Å². The van der Waals surface area contributed by atoms with Crippen LogP contribution in [-0.4, -0.2) is 44.0 Å². The van der Waals surface area contributed by atoms with Gasteiger partial charge >= 0.3 is 5.89 Å². The predicted molar refractivity (Wildman–Crippen MR) is 174 cm³/mol. The molecule has 1 aliphatic rings. The largest absolute Gasteiger partial charge is 0.439 e. The van der Waals surface area contributed by atoms with Crippen molar-refractivity contribution in [3.63, 3.8) is 0 Å². The highest BCUT2D eigenvalue weighted by Gasteiger charge is 2.29. The van der Waals surface area contributed by atoms with Gasteiger partial charge in [-0.25, -0.2) is 0 Å². The fourth-order valence-corrected chi connectivity index (χ4v) is 6.77. The molecule has 2 heterocycles. The second-order valence-electron chi connectivity index (χ2n) is 10.9. The van der Waals surface area contributed by atoms with Gasteiger partial charge in [0.2, 0.25) is 11.5 Å². The van der Waals surface area contributed by atoms with Crippen LogP contribution in [0.25, 0.3) is 38.7 Å². The normalized spacial score (nSPS) is 15.0. The van der Waals surface area contributed by atoms with Crippen LogP contribution in [0.3, 0.4) is 0 Å². The van der Waals surface area contributed by atoms with E-state index in [1.807, 2.05) is 101 Å². The first-order valence-corrected chi connectivity index (χ1v) is 17.9. The molecule has 1 aliphatic heterocycles. The highest BCUT2D eigenvalue weighted by Crippen LogP contribution is 2.44. The molecule has 0 atom stereocenters. The van der Waals surface area contributed by atoms with E-state index < -0.39 is 20.2 Å². The average molecular weight is 650 g/mol. The Bertz CT molecular complexity index is 2200. The number of benzene rings is 4. The number of hydrogen-bond donors (Lipinski definition) is 2. The smallest absolute Gasteiger partial charge is 0.374 e. The summed E-state index contributed by atoms with van der Waals surface area (Å²) in [5, 5.41) is 3.92. The summed E-state index contributed by atoms with van der Waals surface area (Å²) in [6.07, 6.45) is 4.72. The van der Waals surface area contributed by atoms with Crippen LogP contribution in [0.15, 0.2) is 94.7 Å². The first-order valence-electron chi connectivity index (χ1n) is 14.6. The molecule has 6 rings (SSSR count). The van der Waals surface area contributed by atoms with Gasteiger partial charge in [0.25, 0.3) is 25.8 Å². The Morgan fingerprint density at radius 1 is 0.844 bits per heavy atom. The Labute approximate surface area is 261 Å². The zero-order valence-corrected chi connectivity index (χ0v) is 26.2. The number of aryl methyl sites for hydroxylation is 1. The number of rotatable bonds is 11. The fraction of sp³-hybridized carbons (Fsp3) is 0.242. The Kier molecular flexibility index (Phi) is 8.40. The third kappa shape index (κ3) is 6.74. The zero-order valence-electron chi connectivity index (χ0n) is 24.6. The Hall–Kier alpha value is -4.23. The van der Waals surface area contributed by atoms with Crippen LogP contribution in [0.4, 0.5) is 5.69 Å². The molecule has 4 aromatic carbocycles. The molecular weight excluding hydrogens is 617 g/mol. The third-order valence-corrected chi connectivity index (χ3v) is 9.43. The lowest BCUT2D eigenvalue weighted by molar-refractivity contribution is -0.677. The van der Waals surface area contributed by atoms with Crippen LogP contribution in [0.2, 0.25) is 0 Å². The third-order valence-electron chi connectivity index (χ3n) is 7.82. The molecule has 0 spiro atoms. The second kappa shape index (κ2) is 12.3. The molecule has 1 aromatic heterocycles. The van der Waals surface area contributed by atoms with Crippen molar-refractivity contribution in [3.05, 3.63) is 96.2 Å². The van der Waals surface area contributed by atoms with E-state index in [9.17, 15) is 25.9 Å². The number of anilines is 1. The maximum atomic E-state index is 11.5. The first kappa shape index (κ1) is 30.8. The molecule has 2 N–H and O–H groups in total. The molecule has 0 radical (unpaired) electrons. The zero-order chi connectivity index (χ0) is 31.8. The van der Waals surface area contributed by atoms with E-state index >= 15 is 0 Å². The summed E-state index contributed by atoms with van der Waals surface area (Å²) in [4.78, 5) is 1.93. The maximum Gasteiger partial charge on any atom is 0.374 e. The molecule has 0 unspecified atom stereocenters. The fourth-order valence-electron chi connectivity index (χ4n) is 5.78. The van der Waals surface area contributed by atoms with Gasteiger partial charge in [0.05, 0.1) is 28.7 Å². The summed E-state index contributed by atoms with van der Waals surface area (Å²) in [5.74, 6) is 0.875. The quantitative estimate of drug-likeness (QED) is 0.128.